The smallest absolute Gasteiger partial charge is 0.271 e. The van der Waals surface area contributed by atoms with E-state index in [1.807, 2.05) is 6.07 Å². The zero-order valence-electron chi connectivity index (χ0n) is 10.3. The number of hydrogen-bond donors (Lipinski definition) is 1. The van der Waals surface area contributed by atoms with E-state index in [0.717, 1.165) is 0 Å². The second kappa shape index (κ2) is 5.77. The number of nitrogens with zero attached hydrogens (tertiary/aromatic N) is 1. The van der Waals surface area contributed by atoms with Gasteiger partial charge in [0.1, 0.15) is 5.76 Å². The number of carbonyl (C=O) groups excluding carboxylic acids is 2. The van der Waals surface area contributed by atoms with Gasteiger partial charge in [-0.3, -0.25) is 9.59 Å². The first kappa shape index (κ1) is 12.8. The molecule has 5 heteroatoms. The van der Waals surface area contributed by atoms with Crippen molar-refractivity contribution < 1.29 is 14.0 Å². The van der Waals surface area contributed by atoms with E-state index in [1.54, 1.807) is 36.4 Å². The molecule has 0 atom stereocenters. The van der Waals surface area contributed by atoms with E-state index < -0.39 is 0 Å². The first-order valence-corrected chi connectivity index (χ1v) is 5.66. The number of nitrogens with one attached hydrogen (secondary N) is 1. The molecule has 0 aliphatic rings. The summed E-state index contributed by atoms with van der Waals surface area (Å²) in [5.41, 5.74) is 2.89. The van der Waals surface area contributed by atoms with E-state index >= 15 is 0 Å². The van der Waals surface area contributed by atoms with Gasteiger partial charge >= 0.3 is 0 Å². The lowest BCUT2D eigenvalue weighted by Crippen LogP contribution is -2.17. The van der Waals surface area contributed by atoms with Gasteiger partial charge in [-0.25, -0.2) is 5.43 Å². The molecule has 5 nitrogen and oxygen atoms in total. The minimum absolute atomic E-state index is 0.159. The number of carbonyl (C=O) groups is 2. The van der Waals surface area contributed by atoms with Crippen LogP contribution in [0.5, 0.6) is 0 Å². The summed E-state index contributed by atoms with van der Waals surface area (Å²) in [4.78, 5) is 22.7. The van der Waals surface area contributed by atoms with Gasteiger partial charge in [-0.1, -0.05) is 18.2 Å². The van der Waals surface area contributed by atoms with Gasteiger partial charge in [-0.05, 0) is 24.3 Å². The van der Waals surface area contributed by atoms with Crippen LogP contribution in [0.25, 0.3) is 0 Å². The van der Waals surface area contributed by atoms with Crippen molar-refractivity contribution in [3.05, 3.63) is 59.5 Å². The molecule has 0 unspecified atom stereocenters. The molecule has 0 saturated carbocycles. The average molecular weight is 256 g/mol. The van der Waals surface area contributed by atoms with Crippen LogP contribution in [0, 0.1) is 0 Å². The quantitative estimate of drug-likeness (QED) is 0.518. The fourth-order valence-corrected chi connectivity index (χ4v) is 1.42. The van der Waals surface area contributed by atoms with Crippen LogP contribution in [-0.2, 0) is 0 Å². The lowest BCUT2D eigenvalue weighted by Gasteiger charge is -1.97. The fraction of sp³-hybridized carbons (Fsp3) is 0.0714. The highest BCUT2D eigenvalue weighted by Crippen LogP contribution is 2.06. The van der Waals surface area contributed by atoms with Gasteiger partial charge in [-0.2, -0.15) is 5.10 Å². The van der Waals surface area contributed by atoms with E-state index in [4.69, 9.17) is 4.42 Å². The topological polar surface area (TPSA) is 71.7 Å². The molecule has 1 aromatic carbocycles. The molecule has 0 radical (unpaired) electrons. The summed E-state index contributed by atoms with van der Waals surface area (Å²) in [6.07, 6.45) is 1.34. The molecular formula is C14H12N2O3. The molecule has 1 heterocycles. The Balaban J connectivity index is 1.96. The Morgan fingerprint density at radius 2 is 1.89 bits per heavy atom. The highest BCUT2D eigenvalue weighted by atomic mass is 16.3. The Labute approximate surface area is 109 Å². The Morgan fingerprint density at radius 1 is 1.16 bits per heavy atom. The summed E-state index contributed by atoms with van der Waals surface area (Å²) >= 11 is 0. The molecule has 96 valence electrons. The van der Waals surface area contributed by atoms with Crippen molar-refractivity contribution in [2.75, 3.05) is 0 Å². The van der Waals surface area contributed by atoms with Crippen molar-refractivity contribution >= 4 is 17.9 Å². The van der Waals surface area contributed by atoms with Crippen LogP contribution in [0.4, 0.5) is 0 Å². The molecule has 0 fully saturated rings. The highest BCUT2D eigenvalue weighted by Gasteiger charge is 2.05. The van der Waals surface area contributed by atoms with E-state index in [0.29, 0.717) is 11.3 Å². The predicted molar refractivity (Wildman–Crippen MR) is 70.2 cm³/mol. The molecule has 2 aromatic rings. The van der Waals surface area contributed by atoms with Crippen LogP contribution in [0.1, 0.15) is 33.6 Å². The molecule has 0 spiro atoms. The lowest BCUT2D eigenvalue weighted by atomic mass is 10.2. The number of rotatable bonds is 4. The van der Waals surface area contributed by atoms with Gasteiger partial charge in [0.25, 0.3) is 5.91 Å². The van der Waals surface area contributed by atoms with Gasteiger partial charge in [0.2, 0.25) is 0 Å². The Bertz CT molecular complexity index is 615. The third-order valence-corrected chi connectivity index (χ3v) is 2.37. The summed E-state index contributed by atoms with van der Waals surface area (Å²) in [6.45, 7) is 1.41. The van der Waals surface area contributed by atoms with Crippen LogP contribution in [-0.4, -0.2) is 17.9 Å². The number of Topliss-reactive ketones (excluding diaryl/α,β-unsaturated/α-hetero) is 1. The molecule has 0 bridgehead atoms. The van der Waals surface area contributed by atoms with Gasteiger partial charge in [0.15, 0.2) is 11.5 Å². The summed E-state index contributed by atoms with van der Waals surface area (Å²) in [7, 11) is 0. The number of benzene rings is 1. The van der Waals surface area contributed by atoms with Crippen molar-refractivity contribution in [3.63, 3.8) is 0 Å². The number of amides is 1. The SMILES string of the molecule is CC(=O)c1ccc(/C=N\NC(=O)c2ccccc2)o1. The number of furan rings is 1. The van der Waals surface area contributed by atoms with Crippen molar-refractivity contribution in [3.8, 4) is 0 Å². The second-order valence-corrected chi connectivity index (χ2v) is 3.82. The molecule has 2 rings (SSSR count). The fourth-order valence-electron chi connectivity index (χ4n) is 1.42. The number of ketones is 1. The lowest BCUT2D eigenvalue weighted by molar-refractivity contribution is 0.0952. The number of hydrazone groups is 1. The highest BCUT2D eigenvalue weighted by molar-refractivity contribution is 5.95. The summed E-state index contributed by atoms with van der Waals surface area (Å²) in [5, 5.41) is 3.76. The third kappa shape index (κ3) is 3.38. The van der Waals surface area contributed by atoms with Gasteiger partial charge in [-0.15, -0.1) is 0 Å². The maximum Gasteiger partial charge on any atom is 0.271 e. The van der Waals surface area contributed by atoms with Crippen LogP contribution < -0.4 is 5.43 Å². The monoisotopic (exact) mass is 256 g/mol. The van der Waals surface area contributed by atoms with E-state index in [9.17, 15) is 9.59 Å². The molecule has 0 aliphatic carbocycles. The van der Waals surface area contributed by atoms with Crippen LogP contribution in [0.15, 0.2) is 52.0 Å². The van der Waals surface area contributed by atoms with Crippen molar-refractivity contribution in [2.24, 2.45) is 5.10 Å². The first-order chi connectivity index (χ1) is 9.16. The zero-order valence-corrected chi connectivity index (χ0v) is 10.3. The zero-order chi connectivity index (χ0) is 13.7. The third-order valence-electron chi connectivity index (χ3n) is 2.37. The Kier molecular flexibility index (Phi) is 3.87. The molecule has 1 aromatic heterocycles. The van der Waals surface area contributed by atoms with Gasteiger partial charge in [0.05, 0.1) is 6.21 Å². The van der Waals surface area contributed by atoms with E-state index in [-0.39, 0.29) is 17.5 Å². The first-order valence-electron chi connectivity index (χ1n) is 5.66. The van der Waals surface area contributed by atoms with E-state index in [2.05, 4.69) is 10.5 Å². The maximum absolute atomic E-state index is 11.6. The van der Waals surface area contributed by atoms with Gasteiger partial charge < -0.3 is 4.42 Å². The summed E-state index contributed by atoms with van der Waals surface area (Å²) in [6, 6.07) is 11.9. The molecule has 19 heavy (non-hydrogen) atoms. The second-order valence-electron chi connectivity index (χ2n) is 3.82. The molecular weight excluding hydrogens is 244 g/mol. The Morgan fingerprint density at radius 3 is 2.53 bits per heavy atom. The van der Waals surface area contributed by atoms with Crippen LogP contribution >= 0.6 is 0 Å². The van der Waals surface area contributed by atoms with Crippen LogP contribution in [0.3, 0.4) is 0 Å². The normalized spacial score (nSPS) is 10.6. The van der Waals surface area contributed by atoms with E-state index in [1.165, 1.54) is 13.1 Å². The van der Waals surface area contributed by atoms with Crippen molar-refractivity contribution in [1.82, 2.24) is 5.43 Å². The molecule has 0 aliphatic heterocycles. The van der Waals surface area contributed by atoms with Gasteiger partial charge in [0, 0.05) is 12.5 Å². The minimum Gasteiger partial charge on any atom is -0.452 e. The van der Waals surface area contributed by atoms with Crippen molar-refractivity contribution in [2.45, 2.75) is 6.92 Å². The molecule has 1 amide bonds. The predicted octanol–water partition coefficient (Wildman–Crippen LogP) is 2.25. The summed E-state index contributed by atoms with van der Waals surface area (Å²) < 4.78 is 5.18. The minimum atomic E-state index is -0.310. The molecule has 0 saturated heterocycles. The molecule has 1 N–H and O–H groups in total. The Hall–Kier alpha value is -2.69. The largest absolute Gasteiger partial charge is 0.452 e. The van der Waals surface area contributed by atoms with Crippen molar-refractivity contribution in [1.29, 1.82) is 0 Å². The average Bonchev–Trinajstić information content (AvgIpc) is 2.89. The number of hydrogen-bond acceptors (Lipinski definition) is 4. The maximum atomic E-state index is 11.6. The summed E-state index contributed by atoms with van der Waals surface area (Å²) in [5.74, 6) is 0.192. The standard InChI is InChI=1S/C14H12N2O3/c1-10(17)13-8-7-12(19-13)9-15-16-14(18)11-5-3-2-4-6-11/h2-9H,1H3,(H,16,18)/b15-9-. The van der Waals surface area contributed by atoms with Crippen LogP contribution in [0.2, 0.25) is 0 Å².